The topological polar surface area (TPSA) is 30.7 Å². The SMILES string of the molecule is Brc1cncc2cnn(-c3ccccc3)c12. The van der Waals surface area contributed by atoms with Crippen LogP contribution < -0.4 is 0 Å². The molecular weight excluding hydrogens is 266 g/mol. The highest BCUT2D eigenvalue weighted by atomic mass is 79.9. The molecule has 78 valence electrons. The normalized spacial score (nSPS) is 10.8. The molecule has 2 aromatic heterocycles. The smallest absolute Gasteiger partial charge is 0.0914 e. The Bertz CT molecular complexity index is 631. The standard InChI is InChI=1S/C12H8BrN3/c13-11-8-14-6-9-7-15-16(12(9)11)10-4-2-1-3-5-10/h1-8H. The maximum Gasteiger partial charge on any atom is 0.0914 e. The second kappa shape index (κ2) is 3.72. The van der Waals surface area contributed by atoms with Gasteiger partial charge in [-0.2, -0.15) is 5.10 Å². The average Bonchev–Trinajstić information content (AvgIpc) is 2.75. The molecular formula is C12H8BrN3. The van der Waals surface area contributed by atoms with E-state index in [1.165, 1.54) is 0 Å². The Hall–Kier alpha value is -1.68. The molecule has 0 N–H and O–H groups in total. The molecule has 3 aromatic rings. The number of rotatable bonds is 1. The number of halogens is 1. The molecule has 0 spiro atoms. The molecule has 3 nitrogen and oxygen atoms in total. The van der Waals surface area contributed by atoms with Crippen molar-refractivity contribution in [3.8, 4) is 5.69 Å². The van der Waals surface area contributed by atoms with Crippen molar-refractivity contribution in [2.75, 3.05) is 0 Å². The number of hydrogen-bond donors (Lipinski definition) is 0. The summed E-state index contributed by atoms with van der Waals surface area (Å²) >= 11 is 3.50. The van der Waals surface area contributed by atoms with E-state index in [9.17, 15) is 0 Å². The summed E-state index contributed by atoms with van der Waals surface area (Å²) in [5, 5.41) is 5.40. The van der Waals surface area contributed by atoms with Crippen LogP contribution in [0.4, 0.5) is 0 Å². The Kier molecular flexibility index (Phi) is 2.22. The van der Waals surface area contributed by atoms with Crippen LogP contribution in [0.3, 0.4) is 0 Å². The van der Waals surface area contributed by atoms with Gasteiger partial charge in [0, 0.05) is 17.8 Å². The van der Waals surface area contributed by atoms with Crippen molar-refractivity contribution in [1.82, 2.24) is 14.8 Å². The van der Waals surface area contributed by atoms with Crippen molar-refractivity contribution in [3.63, 3.8) is 0 Å². The summed E-state index contributed by atoms with van der Waals surface area (Å²) in [6, 6.07) is 10.0. The zero-order valence-electron chi connectivity index (χ0n) is 8.34. The first kappa shape index (κ1) is 9.54. The molecule has 4 heteroatoms. The van der Waals surface area contributed by atoms with E-state index in [1.54, 1.807) is 6.20 Å². The third kappa shape index (κ3) is 1.42. The van der Waals surface area contributed by atoms with E-state index in [0.717, 1.165) is 21.1 Å². The Morgan fingerprint density at radius 2 is 1.81 bits per heavy atom. The number of aromatic nitrogens is 3. The first-order valence-corrected chi connectivity index (χ1v) is 5.68. The van der Waals surface area contributed by atoms with Crippen molar-refractivity contribution in [2.45, 2.75) is 0 Å². The Morgan fingerprint density at radius 1 is 1.00 bits per heavy atom. The van der Waals surface area contributed by atoms with Crippen LogP contribution in [0.25, 0.3) is 16.6 Å². The quantitative estimate of drug-likeness (QED) is 0.682. The summed E-state index contributed by atoms with van der Waals surface area (Å²) < 4.78 is 2.85. The van der Waals surface area contributed by atoms with E-state index >= 15 is 0 Å². The van der Waals surface area contributed by atoms with Gasteiger partial charge in [-0.3, -0.25) is 4.98 Å². The molecule has 16 heavy (non-hydrogen) atoms. The molecule has 0 amide bonds. The molecule has 0 aliphatic rings. The van der Waals surface area contributed by atoms with E-state index in [1.807, 2.05) is 47.4 Å². The Labute approximate surface area is 101 Å². The van der Waals surface area contributed by atoms with Crippen LogP contribution in [0.1, 0.15) is 0 Å². The molecule has 1 aromatic carbocycles. The van der Waals surface area contributed by atoms with Gasteiger partial charge in [-0.15, -0.1) is 0 Å². The predicted octanol–water partition coefficient (Wildman–Crippen LogP) is 3.18. The molecule has 0 aliphatic carbocycles. The van der Waals surface area contributed by atoms with Crippen molar-refractivity contribution in [1.29, 1.82) is 0 Å². The third-order valence-corrected chi connectivity index (χ3v) is 3.01. The van der Waals surface area contributed by atoms with Gasteiger partial charge in [0.15, 0.2) is 0 Å². The summed E-state index contributed by atoms with van der Waals surface area (Å²) in [6.07, 6.45) is 5.41. The lowest BCUT2D eigenvalue weighted by molar-refractivity contribution is 0.909. The van der Waals surface area contributed by atoms with Gasteiger partial charge < -0.3 is 0 Å². The minimum Gasteiger partial charge on any atom is -0.263 e. The van der Waals surface area contributed by atoms with Gasteiger partial charge in [0.25, 0.3) is 0 Å². The van der Waals surface area contributed by atoms with Gasteiger partial charge in [-0.05, 0) is 28.1 Å². The summed E-state index contributed by atoms with van der Waals surface area (Å²) in [7, 11) is 0. The summed E-state index contributed by atoms with van der Waals surface area (Å²) in [6.45, 7) is 0. The molecule has 3 rings (SSSR count). The fraction of sp³-hybridized carbons (Fsp3) is 0. The lowest BCUT2D eigenvalue weighted by atomic mass is 10.3. The summed E-state index contributed by atoms with van der Waals surface area (Å²) in [5.41, 5.74) is 2.09. The monoisotopic (exact) mass is 273 g/mol. The maximum atomic E-state index is 4.37. The second-order valence-electron chi connectivity index (χ2n) is 3.45. The van der Waals surface area contributed by atoms with Gasteiger partial charge in [0.1, 0.15) is 0 Å². The summed E-state index contributed by atoms with van der Waals surface area (Å²) in [4.78, 5) is 4.12. The Balaban J connectivity index is 2.33. The Morgan fingerprint density at radius 3 is 2.62 bits per heavy atom. The fourth-order valence-electron chi connectivity index (χ4n) is 1.70. The highest BCUT2D eigenvalue weighted by molar-refractivity contribution is 9.10. The van der Waals surface area contributed by atoms with Gasteiger partial charge >= 0.3 is 0 Å². The van der Waals surface area contributed by atoms with E-state index in [2.05, 4.69) is 26.0 Å². The molecule has 2 heterocycles. The van der Waals surface area contributed by atoms with Gasteiger partial charge in [0.2, 0.25) is 0 Å². The van der Waals surface area contributed by atoms with Gasteiger partial charge in [0.05, 0.1) is 21.9 Å². The van der Waals surface area contributed by atoms with E-state index < -0.39 is 0 Å². The largest absolute Gasteiger partial charge is 0.263 e. The molecule has 0 bridgehead atoms. The van der Waals surface area contributed by atoms with Crippen molar-refractivity contribution >= 4 is 26.8 Å². The zero-order chi connectivity index (χ0) is 11.0. The molecule has 0 atom stereocenters. The van der Waals surface area contributed by atoms with Crippen LogP contribution in [-0.2, 0) is 0 Å². The first-order chi connectivity index (χ1) is 7.86. The highest BCUT2D eigenvalue weighted by Crippen LogP contribution is 2.24. The number of nitrogens with zero attached hydrogens (tertiary/aromatic N) is 3. The van der Waals surface area contributed by atoms with Crippen molar-refractivity contribution in [2.24, 2.45) is 0 Å². The van der Waals surface area contributed by atoms with E-state index in [4.69, 9.17) is 0 Å². The third-order valence-electron chi connectivity index (χ3n) is 2.43. The van der Waals surface area contributed by atoms with Gasteiger partial charge in [-0.1, -0.05) is 18.2 Å². The summed E-state index contributed by atoms with van der Waals surface area (Å²) in [5.74, 6) is 0. The van der Waals surface area contributed by atoms with E-state index in [0.29, 0.717) is 0 Å². The lowest BCUT2D eigenvalue weighted by Crippen LogP contribution is -1.95. The van der Waals surface area contributed by atoms with Crippen LogP contribution in [0.5, 0.6) is 0 Å². The second-order valence-corrected chi connectivity index (χ2v) is 4.31. The number of pyridine rings is 1. The van der Waals surface area contributed by atoms with Crippen LogP contribution in [0.15, 0.2) is 53.4 Å². The zero-order valence-corrected chi connectivity index (χ0v) is 9.92. The molecule has 0 saturated carbocycles. The number of para-hydroxylation sites is 1. The fourth-order valence-corrected chi connectivity index (χ4v) is 2.22. The van der Waals surface area contributed by atoms with Gasteiger partial charge in [-0.25, -0.2) is 4.68 Å². The molecule has 0 unspecified atom stereocenters. The average molecular weight is 274 g/mol. The molecule has 0 aliphatic heterocycles. The number of hydrogen-bond acceptors (Lipinski definition) is 2. The van der Waals surface area contributed by atoms with Crippen molar-refractivity contribution < 1.29 is 0 Å². The lowest BCUT2D eigenvalue weighted by Gasteiger charge is -2.03. The maximum absolute atomic E-state index is 4.37. The first-order valence-electron chi connectivity index (χ1n) is 4.89. The molecule has 0 saturated heterocycles. The number of benzene rings is 1. The van der Waals surface area contributed by atoms with Crippen LogP contribution in [-0.4, -0.2) is 14.8 Å². The minimum atomic E-state index is 0.950. The molecule has 0 fully saturated rings. The van der Waals surface area contributed by atoms with Crippen LogP contribution in [0.2, 0.25) is 0 Å². The highest BCUT2D eigenvalue weighted by Gasteiger charge is 2.07. The van der Waals surface area contributed by atoms with Crippen LogP contribution in [0, 0.1) is 0 Å². The van der Waals surface area contributed by atoms with Crippen molar-refractivity contribution in [3.05, 3.63) is 53.4 Å². The minimum absolute atomic E-state index is 0.950. The predicted molar refractivity (Wildman–Crippen MR) is 66.6 cm³/mol. The van der Waals surface area contributed by atoms with E-state index in [-0.39, 0.29) is 0 Å². The van der Waals surface area contributed by atoms with Crippen LogP contribution >= 0.6 is 15.9 Å². The molecule has 0 radical (unpaired) electrons. The number of fused-ring (bicyclic) bond motifs is 1.